The first-order valence-electron chi connectivity index (χ1n) is 5.98. The molecule has 0 saturated carbocycles. The van der Waals surface area contributed by atoms with Gasteiger partial charge < -0.3 is 14.8 Å². The highest BCUT2D eigenvalue weighted by Gasteiger charge is 2.22. The predicted octanol–water partition coefficient (Wildman–Crippen LogP) is -0.140. The van der Waals surface area contributed by atoms with Crippen LogP contribution in [0.5, 0.6) is 0 Å². The first kappa shape index (κ1) is 13.4. The monoisotopic (exact) mass is 230 g/mol. The van der Waals surface area contributed by atoms with Gasteiger partial charge in [0, 0.05) is 19.6 Å². The van der Waals surface area contributed by atoms with E-state index >= 15 is 0 Å². The number of likely N-dealkylation sites (N-methyl/N-ethyl adjacent to an activating group) is 1. The molecule has 1 unspecified atom stereocenters. The van der Waals surface area contributed by atoms with Gasteiger partial charge in [-0.25, -0.2) is 0 Å². The van der Waals surface area contributed by atoms with E-state index in [9.17, 15) is 4.79 Å². The zero-order chi connectivity index (χ0) is 11.8. The quantitative estimate of drug-likeness (QED) is 0.644. The highest BCUT2D eigenvalue weighted by Crippen LogP contribution is 2.00. The highest BCUT2D eigenvalue weighted by atomic mass is 16.5. The lowest BCUT2D eigenvalue weighted by molar-refractivity contribution is -0.146. The summed E-state index contributed by atoms with van der Waals surface area (Å²) in [6, 6.07) is -0.219. The molecule has 1 aliphatic rings. The highest BCUT2D eigenvalue weighted by molar-refractivity contribution is 5.76. The van der Waals surface area contributed by atoms with Crippen molar-refractivity contribution in [1.29, 1.82) is 0 Å². The van der Waals surface area contributed by atoms with Crippen LogP contribution in [-0.4, -0.2) is 62.9 Å². The fraction of sp³-hybridized carbons (Fsp3) is 0.909. The summed E-state index contributed by atoms with van der Waals surface area (Å²) in [7, 11) is 0. The first-order chi connectivity index (χ1) is 7.77. The van der Waals surface area contributed by atoms with E-state index in [1.54, 1.807) is 0 Å². The maximum Gasteiger partial charge on any atom is 0.324 e. The van der Waals surface area contributed by atoms with Crippen LogP contribution in [0.1, 0.15) is 13.8 Å². The van der Waals surface area contributed by atoms with E-state index in [0.29, 0.717) is 13.2 Å². The lowest BCUT2D eigenvalue weighted by Gasteiger charge is -2.29. The van der Waals surface area contributed by atoms with Gasteiger partial charge in [0.25, 0.3) is 0 Å². The average molecular weight is 230 g/mol. The number of nitrogens with zero attached hydrogens (tertiary/aromatic N) is 1. The molecule has 94 valence electrons. The predicted molar refractivity (Wildman–Crippen MR) is 61.4 cm³/mol. The van der Waals surface area contributed by atoms with Crippen LogP contribution in [0.25, 0.3) is 0 Å². The Kier molecular flexibility index (Phi) is 6.37. The van der Waals surface area contributed by atoms with E-state index in [1.807, 2.05) is 13.8 Å². The molecule has 1 rings (SSSR count). The number of esters is 1. The van der Waals surface area contributed by atoms with E-state index < -0.39 is 0 Å². The summed E-state index contributed by atoms with van der Waals surface area (Å²) in [5, 5.41) is 3.16. The second-order valence-corrected chi connectivity index (χ2v) is 3.78. The molecule has 1 N–H and O–H groups in total. The molecule has 0 radical (unpaired) electrons. The molecular weight excluding hydrogens is 208 g/mol. The van der Waals surface area contributed by atoms with Gasteiger partial charge in [0.2, 0.25) is 0 Å². The SMILES string of the molecule is CCNC(CN1CCOCC1)C(=O)OCC. The van der Waals surface area contributed by atoms with Crippen LogP contribution in [0, 0.1) is 0 Å². The minimum Gasteiger partial charge on any atom is -0.465 e. The smallest absolute Gasteiger partial charge is 0.324 e. The van der Waals surface area contributed by atoms with Gasteiger partial charge in [0.1, 0.15) is 6.04 Å². The van der Waals surface area contributed by atoms with Crippen LogP contribution in [0.4, 0.5) is 0 Å². The van der Waals surface area contributed by atoms with Gasteiger partial charge in [0.15, 0.2) is 0 Å². The fourth-order valence-corrected chi connectivity index (χ4v) is 1.75. The number of rotatable bonds is 6. The van der Waals surface area contributed by atoms with Gasteiger partial charge in [-0.15, -0.1) is 0 Å². The Morgan fingerprint density at radius 2 is 2.12 bits per heavy atom. The second-order valence-electron chi connectivity index (χ2n) is 3.78. The van der Waals surface area contributed by atoms with E-state index in [0.717, 1.165) is 32.8 Å². The molecule has 0 aromatic rings. The van der Waals surface area contributed by atoms with Crippen molar-refractivity contribution in [3.63, 3.8) is 0 Å². The number of ether oxygens (including phenoxy) is 2. The van der Waals surface area contributed by atoms with Gasteiger partial charge in [-0.3, -0.25) is 9.69 Å². The summed E-state index contributed by atoms with van der Waals surface area (Å²) in [5.74, 6) is -0.157. The minimum absolute atomic E-state index is 0.157. The van der Waals surface area contributed by atoms with Crippen molar-refractivity contribution in [2.75, 3.05) is 46.0 Å². The summed E-state index contributed by atoms with van der Waals surface area (Å²) in [6.07, 6.45) is 0. The van der Waals surface area contributed by atoms with Crippen LogP contribution in [-0.2, 0) is 14.3 Å². The van der Waals surface area contributed by atoms with Crippen molar-refractivity contribution in [1.82, 2.24) is 10.2 Å². The van der Waals surface area contributed by atoms with E-state index in [2.05, 4.69) is 10.2 Å². The Morgan fingerprint density at radius 3 is 2.69 bits per heavy atom. The third-order valence-corrected chi connectivity index (χ3v) is 2.57. The number of nitrogens with one attached hydrogen (secondary N) is 1. The van der Waals surface area contributed by atoms with Crippen LogP contribution in [0.15, 0.2) is 0 Å². The van der Waals surface area contributed by atoms with Crippen LogP contribution < -0.4 is 5.32 Å². The summed E-state index contributed by atoms with van der Waals surface area (Å²) in [5.41, 5.74) is 0. The molecule has 0 bridgehead atoms. The second kappa shape index (κ2) is 7.60. The van der Waals surface area contributed by atoms with E-state index in [-0.39, 0.29) is 12.0 Å². The minimum atomic E-state index is -0.219. The number of hydrogen-bond donors (Lipinski definition) is 1. The molecule has 16 heavy (non-hydrogen) atoms. The zero-order valence-corrected chi connectivity index (χ0v) is 10.2. The molecule has 5 nitrogen and oxygen atoms in total. The van der Waals surface area contributed by atoms with E-state index in [4.69, 9.17) is 9.47 Å². The van der Waals surface area contributed by atoms with Crippen molar-refractivity contribution in [2.24, 2.45) is 0 Å². The molecule has 1 heterocycles. The molecule has 1 saturated heterocycles. The maximum absolute atomic E-state index is 11.7. The Labute approximate surface area is 97.1 Å². The summed E-state index contributed by atoms with van der Waals surface area (Å²) in [6.45, 7) is 9.01. The van der Waals surface area contributed by atoms with Gasteiger partial charge >= 0.3 is 5.97 Å². The van der Waals surface area contributed by atoms with Crippen LogP contribution >= 0.6 is 0 Å². The Bertz CT molecular complexity index is 205. The lowest BCUT2D eigenvalue weighted by Crippen LogP contribution is -2.49. The molecule has 0 aliphatic carbocycles. The molecule has 0 spiro atoms. The molecule has 5 heteroatoms. The molecule has 0 amide bonds. The fourth-order valence-electron chi connectivity index (χ4n) is 1.75. The van der Waals surface area contributed by atoms with Gasteiger partial charge in [-0.2, -0.15) is 0 Å². The normalized spacial score (nSPS) is 19.4. The summed E-state index contributed by atoms with van der Waals surface area (Å²) < 4.78 is 10.3. The topological polar surface area (TPSA) is 50.8 Å². The molecule has 1 atom stereocenters. The van der Waals surface area contributed by atoms with Gasteiger partial charge in [0.05, 0.1) is 19.8 Å². The van der Waals surface area contributed by atoms with Crippen molar-refractivity contribution in [3.8, 4) is 0 Å². The van der Waals surface area contributed by atoms with Crippen molar-refractivity contribution in [3.05, 3.63) is 0 Å². The summed E-state index contributed by atoms with van der Waals surface area (Å²) >= 11 is 0. The summed E-state index contributed by atoms with van der Waals surface area (Å²) in [4.78, 5) is 13.9. The van der Waals surface area contributed by atoms with E-state index in [1.165, 1.54) is 0 Å². The number of carbonyl (C=O) groups is 1. The standard InChI is InChI=1S/C11H22N2O3/c1-3-12-10(11(14)16-4-2)9-13-5-7-15-8-6-13/h10,12H,3-9H2,1-2H3. The Balaban J connectivity index is 2.39. The average Bonchev–Trinajstić information content (AvgIpc) is 2.30. The first-order valence-corrected chi connectivity index (χ1v) is 5.98. The molecule has 0 aromatic carbocycles. The third-order valence-electron chi connectivity index (χ3n) is 2.57. The Hall–Kier alpha value is -0.650. The maximum atomic E-state index is 11.7. The molecule has 0 aromatic heterocycles. The van der Waals surface area contributed by atoms with Gasteiger partial charge in [-0.1, -0.05) is 6.92 Å². The number of carbonyl (C=O) groups excluding carboxylic acids is 1. The van der Waals surface area contributed by atoms with Crippen LogP contribution in [0.3, 0.4) is 0 Å². The molecule has 1 fully saturated rings. The largest absolute Gasteiger partial charge is 0.465 e. The molecule has 1 aliphatic heterocycles. The van der Waals surface area contributed by atoms with Gasteiger partial charge in [-0.05, 0) is 13.5 Å². The number of morpholine rings is 1. The molecular formula is C11H22N2O3. The van der Waals surface area contributed by atoms with Crippen molar-refractivity contribution < 1.29 is 14.3 Å². The van der Waals surface area contributed by atoms with Crippen molar-refractivity contribution in [2.45, 2.75) is 19.9 Å². The van der Waals surface area contributed by atoms with Crippen molar-refractivity contribution >= 4 is 5.97 Å². The number of hydrogen-bond acceptors (Lipinski definition) is 5. The third kappa shape index (κ3) is 4.47. The zero-order valence-electron chi connectivity index (χ0n) is 10.2. The Morgan fingerprint density at radius 1 is 1.44 bits per heavy atom. The lowest BCUT2D eigenvalue weighted by atomic mass is 10.2. The van der Waals surface area contributed by atoms with Crippen LogP contribution in [0.2, 0.25) is 0 Å².